The maximum Gasteiger partial charge on any atom is 0.254 e. The third-order valence-corrected chi connectivity index (χ3v) is 3.62. The van der Waals surface area contributed by atoms with E-state index in [0.29, 0.717) is 6.54 Å². The van der Waals surface area contributed by atoms with Crippen LogP contribution in [0.5, 0.6) is 0 Å². The molecule has 1 aromatic rings. The fourth-order valence-electron chi connectivity index (χ4n) is 2.33. The number of halogens is 1. The Kier molecular flexibility index (Phi) is 3.72. The van der Waals surface area contributed by atoms with Crippen LogP contribution in [0.3, 0.4) is 0 Å². The van der Waals surface area contributed by atoms with Crippen LogP contribution < -0.4 is 0 Å². The van der Waals surface area contributed by atoms with Gasteiger partial charge in [-0.2, -0.15) is 0 Å². The maximum absolute atomic E-state index is 12.3. The number of rotatable bonds is 1. The van der Waals surface area contributed by atoms with E-state index < -0.39 is 0 Å². The molecule has 0 spiro atoms. The zero-order chi connectivity index (χ0) is 12.4. The van der Waals surface area contributed by atoms with E-state index in [1.54, 1.807) is 0 Å². The fraction of sp³-hybridized carbons (Fsp3) is 0.500. The van der Waals surface area contributed by atoms with Gasteiger partial charge in [-0.05, 0) is 38.3 Å². The van der Waals surface area contributed by atoms with Crippen molar-refractivity contribution in [1.82, 2.24) is 4.90 Å². The second-order valence-corrected chi connectivity index (χ2v) is 5.43. The second kappa shape index (κ2) is 5.09. The van der Waals surface area contributed by atoms with Gasteiger partial charge in [-0.15, -0.1) is 11.6 Å². The molecule has 1 amide bonds. The topological polar surface area (TPSA) is 20.3 Å². The van der Waals surface area contributed by atoms with Crippen molar-refractivity contribution in [2.45, 2.75) is 32.1 Å². The molecule has 17 heavy (non-hydrogen) atoms. The molecular formula is C14H18ClNO. The summed E-state index contributed by atoms with van der Waals surface area (Å²) in [5, 5.41) is 0.110. The van der Waals surface area contributed by atoms with E-state index in [1.807, 2.05) is 30.9 Å². The number of benzene rings is 1. The molecule has 0 saturated carbocycles. The Bertz CT molecular complexity index is 430. The number of aryl methyl sites for hydroxylation is 2. The molecule has 1 aliphatic rings. The van der Waals surface area contributed by atoms with Crippen LogP contribution in [0, 0.1) is 13.8 Å². The molecule has 0 aromatic heterocycles. The van der Waals surface area contributed by atoms with Crippen LogP contribution in [0.15, 0.2) is 18.2 Å². The number of hydrogen-bond donors (Lipinski definition) is 0. The monoisotopic (exact) mass is 251 g/mol. The summed E-state index contributed by atoms with van der Waals surface area (Å²) in [5.41, 5.74) is 3.04. The highest BCUT2D eigenvalue weighted by atomic mass is 35.5. The van der Waals surface area contributed by atoms with E-state index >= 15 is 0 Å². The van der Waals surface area contributed by atoms with Crippen LogP contribution in [0.4, 0.5) is 0 Å². The van der Waals surface area contributed by atoms with Gasteiger partial charge in [-0.1, -0.05) is 17.7 Å². The van der Waals surface area contributed by atoms with Gasteiger partial charge >= 0.3 is 0 Å². The number of carbonyl (C=O) groups is 1. The molecule has 1 atom stereocenters. The van der Waals surface area contributed by atoms with Crippen LogP contribution in [0.1, 0.15) is 34.3 Å². The largest absolute Gasteiger partial charge is 0.337 e. The van der Waals surface area contributed by atoms with Gasteiger partial charge in [0.2, 0.25) is 0 Å². The van der Waals surface area contributed by atoms with Crippen LogP contribution in [-0.2, 0) is 0 Å². The van der Waals surface area contributed by atoms with Gasteiger partial charge < -0.3 is 4.90 Å². The molecule has 2 nitrogen and oxygen atoms in total. The summed E-state index contributed by atoms with van der Waals surface area (Å²) < 4.78 is 0. The molecule has 0 bridgehead atoms. The quantitative estimate of drug-likeness (QED) is 0.703. The average molecular weight is 252 g/mol. The van der Waals surface area contributed by atoms with E-state index in [-0.39, 0.29) is 11.3 Å². The van der Waals surface area contributed by atoms with Gasteiger partial charge in [0, 0.05) is 18.7 Å². The third kappa shape index (κ3) is 2.81. The molecule has 0 radical (unpaired) electrons. The first-order chi connectivity index (χ1) is 8.08. The lowest BCUT2D eigenvalue weighted by Gasteiger charge is -2.30. The molecule has 1 fully saturated rings. The van der Waals surface area contributed by atoms with Crippen molar-refractivity contribution < 1.29 is 4.79 Å². The van der Waals surface area contributed by atoms with E-state index in [1.165, 1.54) is 5.56 Å². The van der Waals surface area contributed by atoms with E-state index in [4.69, 9.17) is 11.6 Å². The molecule has 2 rings (SSSR count). The number of carbonyl (C=O) groups excluding carboxylic acids is 1. The summed E-state index contributed by atoms with van der Waals surface area (Å²) in [5.74, 6) is 0.118. The van der Waals surface area contributed by atoms with Gasteiger partial charge in [0.15, 0.2) is 0 Å². The van der Waals surface area contributed by atoms with Crippen LogP contribution in [0.2, 0.25) is 0 Å². The van der Waals surface area contributed by atoms with Crippen molar-refractivity contribution in [3.63, 3.8) is 0 Å². The number of amides is 1. The first kappa shape index (κ1) is 12.4. The summed E-state index contributed by atoms with van der Waals surface area (Å²) in [6, 6.07) is 5.96. The van der Waals surface area contributed by atoms with Crippen LogP contribution >= 0.6 is 11.6 Å². The predicted molar refractivity (Wildman–Crippen MR) is 70.7 cm³/mol. The van der Waals surface area contributed by atoms with E-state index in [2.05, 4.69) is 6.07 Å². The number of nitrogens with zero attached hydrogens (tertiary/aromatic N) is 1. The Hall–Kier alpha value is -1.02. The molecule has 1 saturated heterocycles. The highest BCUT2D eigenvalue weighted by molar-refractivity contribution is 6.21. The smallest absolute Gasteiger partial charge is 0.254 e. The lowest BCUT2D eigenvalue weighted by Crippen LogP contribution is -2.40. The Balaban J connectivity index is 2.18. The van der Waals surface area contributed by atoms with Gasteiger partial charge in [-0.3, -0.25) is 4.79 Å². The highest BCUT2D eigenvalue weighted by Crippen LogP contribution is 2.19. The van der Waals surface area contributed by atoms with E-state index in [0.717, 1.165) is 30.5 Å². The van der Waals surface area contributed by atoms with Crippen LogP contribution in [-0.4, -0.2) is 29.3 Å². The minimum absolute atomic E-state index is 0.110. The summed E-state index contributed by atoms with van der Waals surface area (Å²) in [6.45, 7) is 5.53. The predicted octanol–water partition coefficient (Wildman–Crippen LogP) is 3.15. The molecule has 92 valence electrons. The Morgan fingerprint density at radius 3 is 2.82 bits per heavy atom. The van der Waals surface area contributed by atoms with Crippen molar-refractivity contribution in [1.29, 1.82) is 0 Å². The number of likely N-dealkylation sites (tertiary alicyclic amines) is 1. The average Bonchev–Trinajstić information content (AvgIpc) is 2.28. The Labute approximate surface area is 108 Å². The summed E-state index contributed by atoms with van der Waals surface area (Å²) in [6.07, 6.45) is 2.02. The van der Waals surface area contributed by atoms with Gasteiger partial charge in [0.05, 0.1) is 5.38 Å². The molecule has 0 N–H and O–H groups in total. The lowest BCUT2D eigenvalue weighted by molar-refractivity contribution is 0.0726. The zero-order valence-corrected chi connectivity index (χ0v) is 11.1. The van der Waals surface area contributed by atoms with Gasteiger partial charge in [0.1, 0.15) is 0 Å². The third-order valence-electron chi connectivity index (χ3n) is 3.26. The van der Waals surface area contributed by atoms with Crippen molar-refractivity contribution in [3.05, 3.63) is 34.9 Å². The fourth-order valence-corrected chi connectivity index (χ4v) is 2.65. The lowest BCUT2D eigenvalue weighted by atomic mass is 10.0. The van der Waals surface area contributed by atoms with Crippen LogP contribution in [0.25, 0.3) is 0 Å². The molecule has 0 aliphatic carbocycles. The number of hydrogen-bond acceptors (Lipinski definition) is 1. The molecule has 3 heteroatoms. The van der Waals surface area contributed by atoms with Crippen molar-refractivity contribution in [2.75, 3.05) is 13.1 Å². The molecule has 1 heterocycles. The highest BCUT2D eigenvalue weighted by Gasteiger charge is 2.23. The van der Waals surface area contributed by atoms with Gasteiger partial charge in [0.25, 0.3) is 5.91 Å². The summed E-state index contributed by atoms with van der Waals surface area (Å²) in [4.78, 5) is 14.2. The zero-order valence-electron chi connectivity index (χ0n) is 10.4. The normalized spacial score (nSPS) is 20.4. The first-order valence-electron chi connectivity index (χ1n) is 6.08. The van der Waals surface area contributed by atoms with Crippen molar-refractivity contribution in [2.24, 2.45) is 0 Å². The number of piperidine rings is 1. The minimum atomic E-state index is 0.110. The molecule has 1 aromatic carbocycles. The van der Waals surface area contributed by atoms with E-state index in [9.17, 15) is 4.79 Å². The standard InChI is InChI=1S/C14H18ClNO/c1-10-5-6-13(11(2)8-10)14(17)16-7-3-4-12(15)9-16/h5-6,8,12H,3-4,7,9H2,1-2H3. The molecular weight excluding hydrogens is 234 g/mol. The summed E-state index contributed by atoms with van der Waals surface area (Å²) >= 11 is 6.11. The summed E-state index contributed by atoms with van der Waals surface area (Å²) in [7, 11) is 0. The number of alkyl halides is 1. The van der Waals surface area contributed by atoms with Crippen molar-refractivity contribution >= 4 is 17.5 Å². The molecule has 1 unspecified atom stereocenters. The SMILES string of the molecule is Cc1ccc(C(=O)N2CCCC(Cl)C2)c(C)c1. The Morgan fingerprint density at radius 2 is 2.18 bits per heavy atom. The van der Waals surface area contributed by atoms with Crippen molar-refractivity contribution in [3.8, 4) is 0 Å². The Morgan fingerprint density at radius 1 is 1.41 bits per heavy atom. The molecule has 1 aliphatic heterocycles. The minimum Gasteiger partial charge on any atom is -0.337 e. The first-order valence-corrected chi connectivity index (χ1v) is 6.52. The van der Waals surface area contributed by atoms with Gasteiger partial charge in [-0.25, -0.2) is 0 Å². The second-order valence-electron chi connectivity index (χ2n) is 4.81. The maximum atomic E-state index is 12.3.